The maximum absolute atomic E-state index is 11.9. The van der Waals surface area contributed by atoms with Crippen LogP contribution in [-0.4, -0.2) is 40.9 Å². The first-order valence-corrected chi connectivity index (χ1v) is 6.56. The van der Waals surface area contributed by atoms with E-state index in [1.807, 2.05) is 13.8 Å². The quantitative estimate of drug-likeness (QED) is 0.618. The van der Waals surface area contributed by atoms with E-state index in [2.05, 4.69) is 25.9 Å². The van der Waals surface area contributed by atoms with Crippen molar-refractivity contribution in [1.29, 1.82) is 0 Å². The van der Waals surface area contributed by atoms with Gasteiger partial charge >= 0.3 is 0 Å². The third-order valence-corrected chi connectivity index (χ3v) is 2.58. The number of anilines is 1. The summed E-state index contributed by atoms with van der Waals surface area (Å²) in [6, 6.07) is 1.22. The Labute approximate surface area is 118 Å². The number of carbonyl (C=O) groups is 2. The summed E-state index contributed by atoms with van der Waals surface area (Å²) in [5, 5.41) is 8.39. The van der Waals surface area contributed by atoms with Crippen molar-refractivity contribution in [3.63, 3.8) is 0 Å². The molecule has 0 saturated carbocycles. The van der Waals surface area contributed by atoms with Crippen LogP contribution in [-0.2, 0) is 9.59 Å². The Morgan fingerprint density at radius 2 is 1.85 bits per heavy atom. The summed E-state index contributed by atoms with van der Waals surface area (Å²) in [5.41, 5.74) is 0. The predicted molar refractivity (Wildman–Crippen MR) is 76.0 cm³/mol. The van der Waals surface area contributed by atoms with Gasteiger partial charge in [0.05, 0.1) is 0 Å². The van der Waals surface area contributed by atoms with Gasteiger partial charge in [0.2, 0.25) is 17.8 Å². The topological polar surface area (TPSA) is 96.0 Å². The molecule has 1 aromatic heterocycles. The molecular weight excluding hydrogens is 258 g/mol. The first-order chi connectivity index (χ1) is 9.50. The van der Waals surface area contributed by atoms with E-state index in [-0.39, 0.29) is 17.7 Å². The Morgan fingerprint density at radius 1 is 1.20 bits per heavy atom. The van der Waals surface area contributed by atoms with Gasteiger partial charge in [0, 0.05) is 32.4 Å². The van der Waals surface area contributed by atoms with Gasteiger partial charge in [0.25, 0.3) is 0 Å². The van der Waals surface area contributed by atoms with Crippen molar-refractivity contribution in [2.24, 2.45) is 5.92 Å². The van der Waals surface area contributed by atoms with Crippen LogP contribution in [0, 0.1) is 5.92 Å². The van der Waals surface area contributed by atoms with Crippen LogP contribution in [0.5, 0.6) is 0 Å². The van der Waals surface area contributed by atoms with Crippen LogP contribution >= 0.6 is 0 Å². The highest BCUT2D eigenvalue weighted by atomic mass is 16.2. The second-order valence-corrected chi connectivity index (χ2v) is 4.71. The predicted octanol–water partition coefficient (Wildman–Crippen LogP) is 0.165. The van der Waals surface area contributed by atoms with Crippen molar-refractivity contribution in [1.82, 2.24) is 20.6 Å². The van der Waals surface area contributed by atoms with Gasteiger partial charge in [-0.15, -0.1) is 0 Å². The van der Waals surface area contributed by atoms with E-state index < -0.39 is 6.04 Å². The molecule has 0 aliphatic rings. The summed E-state index contributed by atoms with van der Waals surface area (Å²) in [4.78, 5) is 31.0. The van der Waals surface area contributed by atoms with E-state index in [0.717, 1.165) is 0 Å². The van der Waals surface area contributed by atoms with Gasteiger partial charge in [-0.3, -0.25) is 9.59 Å². The molecule has 0 unspecified atom stereocenters. The van der Waals surface area contributed by atoms with Crippen molar-refractivity contribution < 1.29 is 9.59 Å². The summed E-state index contributed by atoms with van der Waals surface area (Å²) in [7, 11) is 0. The minimum atomic E-state index is -0.513. The number of nitrogens with zero attached hydrogens (tertiary/aromatic N) is 2. The summed E-state index contributed by atoms with van der Waals surface area (Å²) >= 11 is 0. The zero-order valence-corrected chi connectivity index (χ0v) is 12.0. The molecule has 1 heterocycles. The number of aromatic nitrogens is 2. The summed E-state index contributed by atoms with van der Waals surface area (Å²) in [6.45, 7) is 6.12. The molecule has 2 amide bonds. The molecule has 0 aliphatic carbocycles. The lowest BCUT2D eigenvalue weighted by molar-refractivity contribution is -0.129. The lowest BCUT2D eigenvalue weighted by atomic mass is 10.0. The second kappa shape index (κ2) is 8.08. The van der Waals surface area contributed by atoms with Gasteiger partial charge in [-0.2, -0.15) is 0 Å². The van der Waals surface area contributed by atoms with E-state index >= 15 is 0 Å². The lowest BCUT2D eigenvalue weighted by Crippen LogP contribution is -2.49. The van der Waals surface area contributed by atoms with E-state index in [4.69, 9.17) is 0 Å². The molecule has 0 aromatic carbocycles. The van der Waals surface area contributed by atoms with Gasteiger partial charge in [-0.1, -0.05) is 13.8 Å². The van der Waals surface area contributed by atoms with Gasteiger partial charge in [-0.25, -0.2) is 9.97 Å². The smallest absolute Gasteiger partial charge is 0.242 e. The van der Waals surface area contributed by atoms with Crippen molar-refractivity contribution in [3.8, 4) is 0 Å². The Hall–Kier alpha value is -2.18. The van der Waals surface area contributed by atoms with Crippen LogP contribution in [0.3, 0.4) is 0 Å². The maximum atomic E-state index is 11.9. The van der Waals surface area contributed by atoms with Gasteiger partial charge in [0.15, 0.2) is 0 Å². The normalized spacial score (nSPS) is 11.8. The van der Waals surface area contributed by atoms with Crippen LogP contribution in [0.4, 0.5) is 5.95 Å². The molecule has 20 heavy (non-hydrogen) atoms. The van der Waals surface area contributed by atoms with Gasteiger partial charge in [0.1, 0.15) is 6.04 Å². The van der Waals surface area contributed by atoms with E-state index in [1.165, 1.54) is 6.92 Å². The molecule has 0 spiro atoms. The Balaban J connectivity index is 2.32. The lowest BCUT2D eigenvalue weighted by Gasteiger charge is -2.20. The molecular formula is C13H21N5O2. The minimum Gasteiger partial charge on any atom is -0.353 e. The number of nitrogens with one attached hydrogen (secondary N) is 3. The van der Waals surface area contributed by atoms with Crippen molar-refractivity contribution in [2.45, 2.75) is 26.8 Å². The minimum absolute atomic E-state index is 0.0318. The molecule has 3 N–H and O–H groups in total. The molecule has 0 saturated heterocycles. The zero-order chi connectivity index (χ0) is 15.0. The molecule has 0 bridgehead atoms. The number of rotatable bonds is 7. The number of amides is 2. The highest BCUT2D eigenvalue weighted by molar-refractivity contribution is 5.87. The Bertz CT molecular complexity index is 436. The first-order valence-electron chi connectivity index (χ1n) is 6.56. The molecule has 7 nitrogen and oxygen atoms in total. The third kappa shape index (κ3) is 5.64. The van der Waals surface area contributed by atoms with Crippen molar-refractivity contribution in [3.05, 3.63) is 18.5 Å². The fourth-order valence-corrected chi connectivity index (χ4v) is 1.61. The third-order valence-electron chi connectivity index (χ3n) is 2.58. The molecule has 0 fully saturated rings. The Morgan fingerprint density at radius 3 is 2.40 bits per heavy atom. The fourth-order valence-electron chi connectivity index (χ4n) is 1.61. The van der Waals surface area contributed by atoms with Crippen LogP contribution in [0.1, 0.15) is 20.8 Å². The summed E-state index contributed by atoms with van der Waals surface area (Å²) in [6.07, 6.45) is 3.28. The van der Waals surface area contributed by atoms with Crippen LogP contribution < -0.4 is 16.0 Å². The molecule has 0 radical (unpaired) electrons. The van der Waals surface area contributed by atoms with Gasteiger partial charge in [-0.05, 0) is 12.0 Å². The van der Waals surface area contributed by atoms with Crippen LogP contribution in [0.2, 0.25) is 0 Å². The molecule has 1 atom stereocenters. The highest BCUT2D eigenvalue weighted by Gasteiger charge is 2.22. The highest BCUT2D eigenvalue weighted by Crippen LogP contribution is 2.01. The second-order valence-electron chi connectivity index (χ2n) is 4.71. The standard InChI is InChI=1S/C13H21N5O2/c1-9(2)11(18-10(3)19)12(20)14-7-8-17-13-15-5-4-6-16-13/h4-6,9,11H,7-8H2,1-3H3,(H,14,20)(H,18,19)(H,15,16,17)/t11-/m1/s1. The summed E-state index contributed by atoms with van der Waals surface area (Å²) in [5.74, 6) is 0.147. The largest absolute Gasteiger partial charge is 0.353 e. The van der Waals surface area contributed by atoms with Crippen molar-refractivity contribution in [2.75, 3.05) is 18.4 Å². The van der Waals surface area contributed by atoms with Crippen molar-refractivity contribution >= 4 is 17.8 Å². The number of hydrogen-bond donors (Lipinski definition) is 3. The average molecular weight is 279 g/mol. The molecule has 0 aliphatic heterocycles. The molecule has 7 heteroatoms. The SMILES string of the molecule is CC(=O)N[C@@H](C(=O)NCCNc1ncccn1)C(C)C. The molecule has 110 valence electrons. The maximum Gasteiger partial charge on any atom is 0.242 e. The van der Waals surface area contributed by atoms with Crippen LogP contribution in [0.15, 0.2) is 18.5 Å². The van der Waals surface area contributed by atoms with E-state index in [1.54, 1.807) is 18.5 Å². The monoisotopic (exact) mass is 279 g/mol. The van der Waals surface area contributed by atoms with Crippen LogP contribution in [0.25, 0.3) is 0 Å². The molecule has 1 aromatic rings. The summed E-state index contributed by atoms with van der Waals surface area (Å²) < 4.78 is 0. The zero-order valence-electron chi connectivity index (χ0n) is 12.0. The Kier molecular flexibility index (Phi) is 6.42. The van der Waals surface area contributed by atoms with E-state index in [0.29, 0.717) is 19.0 Å². The number of hydrogen-bond acceptors (Lipinski definition) is 5. The average Bonchev–Trinajstić information content (AvgIpc) is 2.41. The fraction of sp³-hybridized carbons (Fsp3) is 0.538. The van der Waals surface area contributed by atoms with E-state index in [9.17, 15) is 9.59 Å². The number of carbonyl (C=O) groups excluding carboxylic acids is 2. The molecule has 1 rings (SSSR count). The first kappa shape index (κ1) is 15.9. The van der Waals surface area contributed by atoms with Gasteiger partial charge < -0.3 is 16.0 Å².